The predicted octanol–water partition coefficient (Wildman–Crippen LogP) is 26.9. The van der Waals surface area contributed by atoms with Gasteiger partial charge < -0.3 is 33.8 Å². The molecule has 0 bridgehead atoms. The van der Waals surface area contributed by atoms with Crippen LogP contribution in [0.4, 0.5) is 0 Å². The van der Waals surface area contributed by atoms with Crippen molar-refractivity contribution in [3.8, 4) is 0 Å². The van der Waals surface area contributed by atoms with Crippen LogP contribution in [0.2, 0.25) is 0 Å². The average Bonchev–Trinajstić information content (AvgIpc) is 0.899. The molecule has 0 aromatic heterocycles. The van der Waals surface area contributed by atoms with Gasteiger partial charge in [-0.1, -0.05) is 414 Å². The van der Waals surface area contributed by atoms with Crippen LogP contribution in [-0.4, -0.2) is 96.7 Å². The van der Waals surface area contributed by atoms with E-state index < -0.39 is 97.5 Å². The summed E-state index contributed by atoms with van der Waals surface area (Å²) in [5, 5.41) is 10.7. The van der Waals surface area contributed by atoms with Gasteiger partial charge in [0.25, 0.3) is 0 Å². The maximum Gasteiger partial charge on any atom is 0.472 e. The number of carbonyl (C=O) groups is 4. The van der Waals surface area contributed by atoms with E-state index in [-0.39, 0.29) is 25.7 Å². The molecular formula is C88H172O17P2. The van der Waals surface area contributed by atoms with E-state index in [1.807, 2.05) is 0 Å². The standard InChI is InChI=1S/C88H172O17P2/c1-8-9-10-11-12-38-48-55-62-69-85(90)98-75-83(104-87(92)72-65-58-51-44-37-31-25-19-22-28-34-41-47-54-61-68-81(6)7)77-102-106(94,95)100-73-82(89)74-101-107(96,97)103-78-84(76-99-86(91)70-63-56-49-42-35-29-23-18-17-21-27-33-40-46-53-60-67-80(4)5)105-88(93)71-64-57-50-43-36-30-24-16-14-13-15-20-26-32-39-45-52-59-66-79(2)3/h79-84,89H,8-78H2,1-7H3,(H,94,95)(H,96,97)/t82-,83+,84+/m0/s1. The van der Waals surface area contributed by atoms with Crippen LogP contribution < -0.4 is 0 Å². The highest BCUT2D eigenvalue weighted by atomic mass is 31.2. The minimum atomic E-state index is -4.97. The minimum Gasteiger partial charge on any atom is -0.462 e. The van der Waals surface area contributed by atoms with Gasteiger partial charge in [-0.15, -0.1) is 0 Å². The molecule has 636 valence electrons. The molecule has 0 heterocycles. The third-order valence-corrected chi connectivity index (χ3v) is 22.5. The second-order valence-electron chi connectivity index (χ2n) is 33.1. The van der Waals surface area contributed by atoms with Gasteiger partial charge in [0.05, 0.1) is 26.4 Å². The fourth-order valence-corrected chi connectivity index (χ4v) is 15.3. The summed E-state index contributed by atoms with van der Waals surface area (Å²) in [7, 11) is -9.93. The SMILES string of the molecule is CCCCCCCCCCCC(=O)OC[C@H](COP(=O)(O)OC[C@H](O)COP(=O)(O)OC[C@@H](COC(=O)CCCCCCCCCCCCCCCCCCC(C)C)OC(=O)CCCCCCCCCCCCCCCCCCCCC(C)C)OC(=O)CCCCCCCCCCCCCCCCCC(C)C. The fraction of sp³-hybridized carbons (Fsp3) is 0.955. The van der Waals surface area contributed by atoms with Crippen LogP contribution in [0.15, 0.2) is 0 Å². The molecular weight excluding hydrogens is 1390 g/mol. The van der Waals surface area contributed by atoms with Crippen molar-refractivity contribution in [2.75, 3.05) is 39.6 Å². The number of carbonyl (C=O) groups excluding carboxylic acids is 4. The van der Waals surface area contributed by atoms with Crippen LogP contribution in [0.1, 0.15) is 466 Å². The Bertz CT molecular complexity index is 2060. The molecule has 0 saturated heterocycles. The maximum atomic E-state index is 13.2. The van der Waals surface area contributed by atoms with Crippen molar-refractivity contribution >= 4 is 39.5 Å². The highest BCUT2D eigenvalue weighted by molar-refractivity contribution is 7.47. The molecule has 19 heteroatoms. The number of rotatable bonds is 86. The molecule has 0 spiro atoms. The van der Waals surface area contributed by atoms with Crippen molar-refractivity contribution in [2.24, 2.45) is 17.8 Å². The normalized spacial score (nSPS) is 13.8. The summed E-state index contributed by atoms with van der Waals surface area (Å²) in [5.74, 6) is 0.333. The number of hydrogen-bond acceptors (Lipinski definition) is 15. The number of unbranched alkanes of at least 4 members (excludes halogenated alkanes) is 54. The van der Waals surface area contributed by atoms with Gasteiger partial charge in [0.15, 0.2) is 12.2 Å². The molecule has 17 nitrogen and oxygen atoms in total. The summed E-state index contributed by atoms with van der Waals surface area (Å²) in [5.41, 5.74) is 0. The zero-order valence-corrected chi connectivity index (χ0v) is 72.4. The summed E-state index contributed by atoms with van der Waals surface area (Å²) < 4.78 is 68.9. The molecule has 0 aliphatic heterocycles. The summed E-state index contributed by atoms with van der Waals surface area (Å²) in [4.78, 5) is 73.2. The number of phosphoric acid groups is 2. The third kappa shape index (κ3) is 81.9. The first-order valence-electron chi connectivity index (χ1n) is 45.3. The average molecular weight is 1560 g/mol. The fourth-order valence-electron chi connectivity index (χ4n) is 13.7. The Kier molecular flexibility index (Phi) is 76.6. The Morgan fingerprint density at radius 1 is 0.252 bits per heavy atom. The lowest BCUT2D eigenvalue weighted by molar-refractivity contribution is -0.161. The van der Waals surface area contributed by atoms with Crippen LogP contribution in [0, 0.1) is 17.8 Å². The van der Waals surface area contributed by atoms with E-state index in [0.717, 1.165) is 108 Å². The van der Waals surface area contributed by atoms with Crippen LogP contribution in [0.3, 0.4) is 0 Å². The van der Waals surface area contributed by atoms with Gasteiger partial charge in [0, 0.05) is 25.7 Å². The Labute approximate surface area is 658 Å². The Hall–Kier alpha value is -1.94. The van der Waals surface area contributed by atoms with E-state index >= 15 is 0 Å². The van der Waals surface area contributed by atoms with Crippen molar-refractivity contribution in [2.45, 2.75) is 484 Å². The van der Waals surface area contributed by atoms with Gasteiger partial charge in [-0.2, -0.15) is 0 Å². The Balaban J connectivity index is 5.20. The lowest BCUT2D eigenvalue weighted by atomic mass is 10.0. The first-order chi connectivity index (χ1) is 51.7. The van der Waals surface area contributed by atoms with Crippen LogP contribution in [-0.2, 0) is 65.4 Å². The van der Waals surface area contributed by atoms with Gasteiger partial charge in [-0.05, 0) is 43.4 Å². The number of hydrogen-bond donors (Lipinski definition) is 3. The zero-order valence-electron chi connectivity index (χ0n) is 70.6. The van der Waals surface area contributed by atoms with Gasteiger partial charge in [0.2, 0.25) is 0 Å². The third-order valence-electron chi connectivity index (χ3n) is 20.6. The van der Waals surface area contributed by atoms with E-state index in [9.17, 15) is 43.2 Å². The molecule has 0 amide bonds. The zero-order chi connectivity index (χ0) is 78.6. The molecule has 0 rings (SSSR count). The highest BCUT2D eigenvalue weighted by Crippen LogP contribution is 2.45. The molecule has 107 heavy (non-hydrogen) atoms. The molecule has 3 N–H and O–H groups in total. The lowest BCUT2D eigenvalue weighted by Crippen LogP contribution is -2.30. The Morgan fingerprint density at radius 3 is 0.636 bits per heavy atom. The van der Waals surface area contributed by atoms with E-state index in [4.69, 9.17) is 37.0 Å². The number of esters is 4. The van der Waals surface area contributed by atoms with Gasteiger partial charge >= 0.3 is 39.5 Å². The lowest BCUT2D eigenvalue weighted by Gasteiger charge is -2.21. The summed E-state index contributed by atoms with van der Waals surface area (Å²) in [6.45, 7) is 12.1. The molecule has 0 radical (unpaired) electrons. The smallest absolute Gasteiger partial charge is 0.462 e. The van der Waals surface area contributed by atoms with Gasteiger partial charge in [-0.3, -0.25) is 37.3 Å². The summed E-state index contributed by atoms with van der Waals surface area (Å²) >= 11 is 0. The van der Waals surface area contributed by atoms with Crippen molar-refractivity contribution < 1.29 is 80.2 Å². The molecule has 0 aliphatic carbocycles. The first-order valence-corrected chi connectivity index (χ1v) is 48.3. The van der Waals surface area contributed by atoms with Crippen LogP contribution in [0.5, 0.6) is 0 Å². The van der Waals surface area contributed by atoms with E-state index in [2.05, 4.69) is 48.5 Å². The molecule has 0 aromatic carbocycles. The quantitative estimate of drug-likeness (QED) is 0.0222. The minimum absolute atomic E-state index is 0.108. The summed E-state index contributed by atoms with van der Waals surface area (Å²) in [6, 6.07) is 0. The molecule has 0 aliphatic rings. The molecule has 2 unspecified atom stereocenters. The van der Waals surface area contributed by atoms with Gasteiger partial charge in [-0.25, -0.2) is 9.13 Å². The number of phosphoric ester groups is 2. The topological polar surface area (TPSA) is 237 Å². The van der Waals surface area contributed by atoms with Crippen molar-refractivity contribution in [3.63, 3.8) is 0 Å². The number of ether oxygens (including phenoxy) is 4. The molecule has 0 aromatic rings. The molecule has 0 fully saturated rings. The van der Waals surface area contributed by atoms with Crippen molar-refractivity contribution in [1.82, 2.24) is 0 Å². The predicted molar refractivity (Wildman–Crippen MR) is 441 cm³/mol. The molecule has 5 atom stereocenters. The molecule has 0 saturated carbocycles. The van der Waals surface area contributed by atoms with Crippen molar-refractivity contribution in [3.05, 3.63) is 0 Å². The largest absolute Gasteiger partial charge is 0.472 e. The first kappa shape index (κ1) is 105. The Morgan fingerprint density at radius 2 is 0.430 bits per heavy atom. The van der Waals surface area contributed by atoms with Crippen LogP contribution >= 0.6 is 15.6 Å². The number of aliphatic hydroxyl groups excluding tert-OH is 1. The van der Waals surface area contributed by atoms with E-state index in [1.165, 1.54) is 276 Å². The second kappa shape index (κ2) is 78.0. The van der Waals surface area contributed by atoms with Gasteiger partial charge in [0.1, 0.15) is 19.3 Å². The number of aliphatic hydroxyl groups is 1. The van der Waals surface area contributed by atoms with E-state index in [0.29, 0.717) is 25.7 Å². The van der Waals surface area contributed by atoms with E-state index in [1.54, 1.807) is 0 Å². The maximum absolute atomic E-state index is 13.2. The van der Waals surface area contributed by atoms with Crippen molar-refractivity contribution in [1.29, 1.82) is 0 Å². The van der Waals surface area contributed by atoms with Crippen LogP contribution in [0.25, 0.3) is 0 Å². The monoisotopic (exact) mass is 1560 g/mol. The highest BCUT2D eigenvalue weighted by Gasteiger charge is 2.31. The second-order valence-corrected chi connectivity index (χ2v) is 36.0. The summed E-state index contributed by atoms with van der Waals surface area (Å²) in [6.07, 6.45) is 69.5.